The van der Waals surface area contributed by atoms with Crippen molar-refractivity contribution in [3.05, 3.63) is 83.9 Å². The summed E-state index contributed by atoms with van der Waals surface area (Å²) < 4.78 is 0. The number of hydrogen-bond acceptors (Lipinski definition) is 17. The van der Waals surface area contributed by atoms with E-state index in [0.717, 1.165) is 10.8 Å². The average molecular weight is 1160 g/mol. The van der Waals surface area contributed by atoms with Gasteiger partial charge in [-0.25, -0.2) is 0 Å². The van der Waals surface area contributed by atoms with Crippen molar-refractivity contribution >= 4 is 69.8 Å². The van der Waals surface area contributed by atoms with Crippen LogP contribution < -0.4 is 81.8 Å². The molecule has 12 atom stereocenters. The van der Waals surface area contributed by atoms with Crippen LogP contribution >= 0.6 is 0 Å². The lowest BCUT2D eigenvalue weighted by Crippen LogP contribution is -2.61. The highest BCUT2D eigenvalue weighted by Gasteiger charge is 2.37. The van der Waals surface area contributed by atoms with E-state index in [1.807, 2.05) is 36.4 Å². The van der Waals surface area contributed by atoms with Gasteiger partial charge in [-0.2, -0.15) is 0 Å². The van der Waals surface area contributed by atoms with Crippen LogP contribution in [0.5, 0.6) is 0 Å². The molecule has 0 aliphatic carbocycles. The second-order valence-electron chi connectivity index (χ2n) is 21.1. The molecule has 3 aromatic carbocycles. The first-order chi connectivity index (χ1) is 39.5. The molecule has 27 nitrogen and oxygen atoms in total. The van der Waals surface area contributed by atoms with E-state index in [1.54, 1.807) is 50.2 Å². The summed E-state index contributed by atoms with van der Waals surface area (Å²) in [7, 11) is 0. The summed E-state index contributed by atoms with van der Waals surface area (Å²) in [4.78, 5) is 140. The third-order valence-corrected chi connectivity index (χ3v) is 13.7. The van der Waals surface area contributed by atoms with Gasteiger partial charge in [0.25, 0.3) is 0 Å². The second-order valence-corrected chi connectivity index (χ2v) is 21.1. The highest BCUT2D eigenvalue weighted by Crippen LogP contribution is 2.21. The van der Waals surface area contributed by atoms with Crippen molar-refractivity contribution in [1.29, 1.82) is 0 Å². The molecule has 83 heavy (non-hydrogen) atoms. The second kappa shape index (κ2) is 34.1. The minimum absolute atomic E-state index is 0.0521. The molecule has 3 unspecified atom stereocenters. The molecule has 0 aromatic heterocycles. The molecular weight excluding hydrogens is 1070 g/mol. The van der Waals surface area contributed by atoms with E-state index in [4.69, 9.17) is 28.7 Å². The molecule has 10 amide bonds. The number of hydrogen-bond donors (Lipinski definition) is 17. The first kappa shape index (κ1) is 67.8. The summed E-state index contributed by atoms with van der Waals surface area (Å²) >= 11 is 0. The highest BCUT2D eigenvalue weighted by molar-refractivity contribution is 5.99. The number of nitrogens with one attached hydrogen (secondary N) is 10. The fraction of sp³-hybridized carbons (Fsp3) is 0.536. The van der Waals surface area contributed by atoms with E-state index < -0.39 is 145 Å². The third-order valence-electron chi connectivity index (χ3n) is 13.7. The molecule has 3 aromatic rings. The van der Waals surface area contributed by atoms with Crippen LogP contribution in [0.25, 0.3) is 10.8 Å². The van der Waals surface area contributed by atoms with Crippen LogP contribution in [0.4, 0.5) is 0 Å². The van der Waals surface area contributed by atoms with Crippen LogP contribution in [0.1, 0.15) is 89.8 Å². The standard InChI is InChI=1S/C56H85N15O12/c1-30(2)26-43-53(80)65-38(16-21-57)48(75)64-41(19-24-60)52(79)71-46(31(3)72)55(82)62-25-20-42(51(78)63-39(17-22-58)50(77)69-44(54(81)68-43)27-33-10-6-5-7-11-33)66-49(76)40(18-23-59)67-56(83)47(32(4)73)70-45(74)29-37(61)36-15-14-34-12-8-9-13-35(34)28-36/h5-15,28,30-32,37-44,46-47,72-73H,16-27,29,57-61H2,1-4H3,(H,62,82)(H,63,78)(H,64,75)(H,65,80)(H,66,76)(H,67,83)(H,68,81)(H,69,77)(H,70,74)(H,71,79)/t31?,32?,37-,38-,39-,40-,41-,42-,43-,44+,46?,47-/m0/s1. The Bertz CT molecular complexity index is 2680. The average Bonchev–Trinajstić information content (AvgIpc) is 3.45. The fourth-order valence-corrected chi connectivity index (χ4v) is 9.17. The summed E-state index contributed by atoms with van der Waals surface area (Å²) in [5, 5.41) is 49.0. The molecule has 0 spiro atoms. The Morgan fingerprint density at radius 1 is 0.590 bits per heavy atom. The maximum atomic E-state index is 14.5. The molecule has 1 heterocycles. The van der Waals surface area contributed by atoms with Gasteiger partial charge in [-0.05, 0) is 112 Å². The molecule has 0 radical (unpaired) electrons. The van der Waals surface area contributed by atoms with Crippen LogP contribution in [0.3, 0.4) is 0 Å². The summed E-state index contributed by atoms with van der Waals surface area (Å²) in [6.07, 6.45) is -4.60. The van der Waals surface area contributed by atoms with Crippen LogP contribution in [0, 0.1) is 5.92 Å². The molecule has 1 fully saturated rings. The quantitative estimate of drug-likeness (QED) is 0.0451. The lowest BCUT2D eigenvalue weighted by molar-refractivity contribution is -0.136. The number of nitrogens with two attached hydrogens (primary N) is 5. The van der Waals surface area contributed by atoms with Crippen LogP contribution in [-0.4, -0.2) is 169 Å². The Kier molecular flexibility index (Phi) is 27.8. The topological polar surface area (TPSA) is 462 Å². The van der Waals surface area contributed by atoms with Crippen LogP contribution in [-0.2, 0) is 54.4 Å². The number of carbonyl (C=O) groups excluding carboxylic acids is 10. The van der Waals surface area contributed by atoms with E-state index in [0.29, 0.717) is 11.1 Å². The molecule has 0 saturated carbocycles. The van der Waals surface area contributed by atoms with Gasteiger partial charge in [-0.1, -0.05) is 80.6 Å². The van der Waals surface area contributed by atoms with Crippen LogP contribution in [0.2, 0.25) is 0 Å². The monoisotopic (exact) mass is 1160 g/mol. The molecular formula is C56H85N15O12. The first-order valence-corrected chi connectivity index (χ1v) is 27.9. The lowest BCUT2D eigenvalue weighted by atomic mass is 10.00. The molecule has 1 saturated heterocycles. The van der Waals surface area contributed by atoms with Gasteiger partial charge in [-0.3, -0.25) is 47.9 Å². The fourth-order valence-electron chi connectivity index (χ4n) is 9.17. The Morgan fingerprint density at radius 3 is 1.66 bits per heavy atom. The number of benzene rings is 3. The van der Waals surface area contributed by atoms with Crippen molar-refractivity contribution in [2.75, 3.05) is 32.7 Å². The van der Waals surface area contributed by atoms with E-state index >= 15 is 0 Å². The van der Waals surface area contributed by atoms with Crippen LogP contribution in [0.15, 0.2) is 72.8 Å². The van der Waals surface area contributed by atoms with Gasteiger partial charge >= 0.3 is 0 Å². The summed E-state index contributed by atoms with van der Waals surface area (Å²) in [6, 6.07) is 7.42. The Hall–Kier alpha value is -7.66. The zero-order valence-electron chi connectivity index (χ0n) is 47.5. The molecule has 0 bridgehead atoms. The van der Waals surface area contributed by atoms with Gasteiger partial charge in [0.15, 0.2) is 0 Å². The van der Waals surface area contributed by atoms with Crippen molar-refractivity contribution in [2.45, 2.75) is 152 Å². The number of amides is 10. The van der Waals surface area contributed by atoms with Gasteiger partial charge in [0.1, 0.15) is 54.4 Å². The largest absolute Gasteiger partial charge is 0.391 e. The van der Waals surface area contributed by atoms with E-state index in [9.17, 15) is 58.2 Å². The molecule has 22 N–H and O–H groups in total. The Morgan fingerprint density at radius 2 is 1.11 bits per heavy atom. The minimum atomic E-state index is -1.68. The molecule has 27 heteroatoms. The summed E-state index contributed by atoms with van der Waals surface area (Å²) in [5.74, 6) is -9.22. The van der Waals surface area contributed by atoms with Gasteiger partial charge in [0.2, 0.25) is 59.1 Å². The minimum Gasteiger partial charge on any atom is -0.391 e. The Labute approximate surface area is 482 Å². The lowest BCUT2D eigenvalue weighted by Gasteiger charge is -2.28. The number of aliphatic hydroxyl groups is 2. The van der Waals surface area contributed by atoms with E-state index in [2.05, 4.69) is 53.2 Å². The van der Waals surface area contributed by atoms with E-state index in [-0.39, 0.29) is 77.0 Å². The first-order valence-electron chi connectivity index (χ1n) is 27.9. The SMILES string of the molecule is CC(C)C[C@@H]1NC(=O)[C@@H](Cc2ccccc2)NC(=O)[C@H](CCN)NC(=O)[C@@H](NC(=O)[C@H](CCN)NC(=O)[C@@H](NC(=O)C[C@H](N)c2ccc3ccccc3c2)C(C)O)CCNC(=O)C(C(C)O)NC(=O)[C@H](CCN)NC(=O)[C@H](CCN)NC1=O. The van der Waals surface area contributed by atoms with E-state index in [1.165, 1.54) is 13.8 Å². The molecule has 4 rings (SSSR count). The number of rotatable bonds is 22. The zero-order chi connectivity index (χ0) is 61.3. The van der Waals surface area contributed by atoms with Gasteiger partial charge < -0.3 is 92.0 Å². The number of aliphatic hydroxyl groups excluding tert-OH is 2. The molecule has 456 valence electrons. The smallest absolute Gasteiger partial charge is 0.245 e. The maximum absolute atomic E-state index is 14.5. The van der Waals surface area contributed by atoms with Gasteiger partial charge in [0.05, 0.1) is 12.2 Å². The van der Waals surface area contributed by atoms with Gasteiger partial charge in [0, 0.05) is 25.4 Å². The van der Waals surface area contributed by atoms with Crippen molar-refractivity contribution in [3.63, 3.8) is 0 Å². The number of fused-ring (bicyclic) bond motifs is 1. The van der Waals surface area contributed by atoms with Crippen molar-refractivity contribution in [3.8, 4) is 0 Å². The molecule has 1 aliphatic heterocycles. The maximum Gasteiger partial charge on any atom is 0.245 e. The Balaban J connectivity index is 1.70. The summed E-state index contributed by atoms with van der Waals surface area (Å²) in [5.41, 5.74) is 31.2. The highest BCUT2D eigenvalue weighted by atomic mass is 16.3. The summed E-state index contributed by atoms with van der Waals surface area (Å²) in [6.45, 7) is 4.95. The van der Waals surface area contributed by atoms with Crippen molar-refractivity contribution in [1.82, 2.24) is 53.2 Å². The predicted molar refractivity (Wildman–Crippen MR) is 308 cm³/mol. The number of carbonyl (C=O) groups is 10. The van der Waals surface area contributed by atoms with Gasteiger partial charge in [-0.15, -0.1) is 0 Å². The molecule has 1 aliphatic rings. The van der Waals surface area contributed by atoms with Crippen molar-refractivity contribution in [2.24, 2.45) is 34.6 Å². The zero-order valence-corrected chi connectivity index (χ0v) is 47.5. The third kappa shape index (κ3) is 21.6. The normalized spacial score (nSPS) is 22.8. The predicted octanol–water partition coefficient (Wildman–Crippen LogP) is -4.44. The van der Waals surface area contributed by atoms with Crippen molar-refractivity contribution < 1.29 is 58.2 Å².